The zero-order valence-corrected chi connectivity index (χ0v) is 9.07. The van der Waals surface area contributed by atoms with E-state index in [0.717, 1.165) is 25.5 Å². The van der Waals surface area contributed by atoms with Gasteiger partial charge in [-0.2, -0.15) is 0 Å². The van der Waals surface area contributed by atoms with Crippen LogP contribution < -0.4 is 0 Å². The molecule has 2 heteroatoms. The Kier molecular flexibility index (Phi) is 3.87. The second kappa shape index (κ2) is 4.74. The van der Waals surface area contributed by atoms with Crippen molar-refractivity contribution in [1.82, 2.24) is 0 Å². The third kappa shape index (κ3) is 2.68. The van der Waals surface area contributed by atoms with Crippen LogP contribution in [0.2, 0.25) is 0 Å². The average Bonchev–Trinajstić information content (AvgIpc) is 2.16. The number of hydrogen-bond acceptors (Lipinski definition) is 2. The number of aliphatic hydroxyl groups excluding tert-OH is 1. The Morgan fingerprint density at radius 3 is 2.86 bits per heavy atom. The molecule has 1 aliphatic carbocycles. The SMILES string of the molecule is CC1(C)C=CC(C=O)CC1CCCO. The minimum atomic E-state index is 0.0896. The molecule has 2 unspecified atom stereocenters. The van der Waals surface area contributed by atoms with Crippen LogP contribution in [0.3, 0.4) is 0 Å². The van der Waals surface area contributed by atoms with E-state index in [9.17, 15) is 4.79 Å². The fourth-order valence-corrected chi connectivity index (χ4v) is 2.15. The first-order valence-electron chi connectivity index (χ1n) is 5.35. The van der Waals surface area contributed by atoms with Crippen molar-refractivity contribution >= 4 is 6.29 Å². The first-order chi connectivity index (χ1) is 6.60. The Bertz CT molecular complexity index is 218. The maximum Gasteiger partial charge on any atom is 0.126 e. The van der Waals surface area contributed by atoms with Crippen LogP contribution in [0.15, 0.2) is 12.2 Å². The lowest BCUT2D eigenvalue weighted by molar-refractivity contribution is -0.110. The normalized spacial score (nSPS) is 30.2. The quantitative estimate of drug-likeness (QED) is 0.552. The van der Waals surface area contributed by atoms with Crippen LogP contribution in [0, 0.1) is 17.3 Å². The third-order valence-electron chi connectivity index (χ3n) is 3.27. The molecule has 80 valence electrons. The Labute approximate surface area is 86.0 Å². The van der Waals surface area contributed by atoms with Gasteiger partial charge in [-0.3, -0.25) is 0 Å². The van der Waals surface area contributed by atoms with E-state index in [4.69, 9.17) is 5.11 Å². The van der Waals surface area contributed by atoms with Crippen LogP contribution in [0.1, 0.15) is 33.1 Å². The van der Waals surface area contributed by atoms with E-state index < -0.39 is 0 Å². The summed E-state index contributed by atoms with van der Waals surface area (Å²) in [4.78, 5) is 10.7. The van der Waals surface area contributed by atoms with E-state index in [1.165, 1.54) is 0 Å². The Balaban J connectivity index is 2.62. The number of carbonyl (C=O) groups excluding carboxylic acids is 1. The van der Waals surface area contributed by atoms with Gasteiger partial charge in [-0.15, -0.1) is 0 Å². The zero-order chi connectivity index (χ0) is 10.6. The van der Waals surface area contributed by atoms with Crippen LogP contribution in [0.4, 0.5) is 0 Å². The zero-order valence-electron chi connectivity index (χ0n) is 9.07. The fraction of sp³-hybridized carbons (Fsp3) is 0.750. The number of hydrogen-bond donors (Lipinski definition) is 1. The molecule has 0 spiro atoms. The van der Waals surface area contributed by atoms with Crippen LogP contribution >= 0.6 is 0 Å². The maximum atomic E-state index is 10.7. The van der Waals surface area contributed by atoms with Crippen molar-refractivity contribution in [2.45, 2.75) is 33.1 Å². The van der Waals surface area contributed by atoms with Crippen molar-refractivity contribution in [3.8, 4) is 0 Å². The molecule has 0 bridgehead atoms. The molecule has 14 heavy (non-hydrogen) atoms. The number of aldehydes is 1. The molecule has 2 nitrogen and oxygen atoms in total. The molecule has 0 amide bonds. The molecule has 0 saturated heterocycles. The molecular weight excluding hydrogens is 176 g/mol. The Morgan fingerprint density at radius 2 is 2.29 bits per heavy atom. The minimum absolute atomic E-state index is 0.0896. The van der Waals surface area contributed by atoms with E-state index in [1.54, 1.807) is 0 Å². The molecule has 0 aromatic rings. The molecule has 0 saturated carbocycles. The molecule has 0 fully saturated rings. The molecule has 1 aliphatic rings. The van der Waals surface area contributed by atoms with E-state index in [0.29, 0.717) is 5.92 Å². The highest BCUT2D eigenvalue weighted by Gasteiger charge is 2.31. The van der Waals surface area contributed by atoms with E-state index in [2.05, 4.69) is 19.9 Å². The lowest BCUT2D eigenvalue weighted by atomic mass is 9.68. The highest BCUT2D eigenvalue weighted by atomic mass is 16.2. The Hall–Kier alpha value is -0.630. The summed E-state index contributed by atoms with van der Waals surface area (Å²) in [6, 6.07) is 0. The summed E-state index contributed by atoms with van der Waals surface area (Å²) >= 11 is 0. The predicted molar refractivity (Wildman–Crippen MR) is 56.9 cm³/mol. The van der Waals surface area contributed by atoms with Gasteiger partial charge in [-0.25, -0.2) is 0 Å². The first-order valence-corrected chi connectivity index (χ1v) is 5.35. The summed E-state index contributed by atoms with van der Waals surface area (Å²) in [6.45, 7) is 4.65. The lowest BCUT2D eigenvalue weighted by Gasteiger charge is -2.36. The first kappa shape index (κ1) is 11.4. The molecule has 0 aromatic heterocycles. The molecule has 0 aromatic carbocycles. The van der Waals surface area contributed by atoms with Crippen molar-refractivity contribution < 1.29 is 9.90 Å². The fourth-order valence-electron chi connectivity index (χ4n) is 2.15. The second-order valence-corrected chi connectivity index (χ2v) is 4.78. The summed E-state index contributed by atoms with van der Waals surface area (Å²) in [5.74, 6) is 0.613. The van der Waals surface area contributed by atoms with E-state index in [-0.39, 0.29) is 17.9 Å². The predicted octanol–water partition coefficient (Wildman–Crippen LogP) is 2.18. The lowest BCUT2D eigenvalue weighted by Crippen LogP contribution is -2.28. The van der Waals surface area contributed by atoms with Gasteiger partial charge < -0.3 is 9.90 Å². The number of carbonyl (C=O) groups is 1. The summed E-state index contributed by atoms with van der Waals surface area (Å²) < 4.78 is 0. The van der Waals surface area contributed by atoms with Gasteiger partial charge in [0.25, 0.3) is 0 Å². The number of allylic oxidation sites excluding steroid dienone is 2. The molecule has 1 N–H and O–H groups in total. The smallest absolute Gasteiger partial charge is 0.126 e. The van der Waals surface area contributed by atoms with Gasteiger partial charge in [-0.1, -0.05) is 26.0 Å². The average molecular weight is 196 g/mol. The minimum Gasteiger partial charge on any atom is -0.396 e. The highest BCUT2D eigenvalue weighted by Crippen LogP contribution is 2.40. The van der Waals surface area contributed by atoms with E-state index >= 15 is 0 Å². The second-order valence-electron chi connectivity index (χ2n) is 4.78. The molecule has 0 radical (unpaired) electrons. The van der Waals surface area contributed by atoms with Gasteiger partial charge in [-0.05, 0) is 30.6 Å². The van der Waals surface area contributed by atoms with Crippen molar-refractivity contribution in [2.75, 3.05) is 6.61 Å². The van der Waals surface area contributed by atoms with Crippen molar-refractivity contribution in [3.63, 3.8) is 0 Å². The summed E-state index contributed by atoms with van der Waals surface area (Å²) in [5, 5.41) is 8.80. The van der Waals surface area contributed by atoms with Crippen molar-refractivity contribution in [1.29, 1.82) is 0 Å². The molecule has 2 atom stereocenters. The van der Waals surface area contributed by atoms with Gasteiger partial charge in [0.1, 0.15) is 6.29 Å². The van der Waals surface area contributed by atoms with Crippen LogP contribution in [-0.2, 0) is 4.79 Å². The highest BCUT2D eigenvalue weighted by molar-refractivity contribution is 5.57. The molecular formula is C12H20O2. The van der Waals surface area contributed by atoms with Crippen molar-refractivity contribution in [3.05, 3.63) is 12.2 Å². The van der Waals surface area contributed by atoms with Gasteiger partial charge in [0, 0.05) is 12.5 Å². The van der Waals surface area contributed by atoms with Gasteiger partial charge in [0.2, 0.25) is 0 Å². The van der Waals surface area contributed by atoms with Crippen LogP contribution in [0.5, 0.6) is 0 Å². The maximum absolute atomic E-state index is 10.7. The molecule has 0 aliphatic heterocycles. The standard InChI is InChI=1S/C12H20O2/c1-12(2)6-5-10(9-14)8-11(12)4-3-7-13/h5-6,9-11,13H,3-4,7-8H2,1-2H3. The van der Waals surface area contributed by atoms with Crippen molar-refractivity contribution in [2.24, 2.45) is 17.3 Å². The van der Waals surface area contributed by atoms with Gasteiger partial charge >= 0.3 is 0 Å². The van der Waals surface area contributed by atoms with Crippen LogP contribution in [-0.4, -0.2) is 18.0 Å². The number of aliphatic hydroxyl groups is 1. The largest absolute Gasteiger partial charge is 0.396 e. The third-order valence-corrected chi connectivity index (χ3v) is 3.27. The topological polar surface area (TPSA) is 37.3 Å². The molecule has 0 heterocycles. The van der Waals surface area contributed by atoms with Gasteiger partial charge in [0.15, 0.2) is 0 Å². The Morgan fingerprint density at radius 1 is 1.57 bits per heavy atom. The summed E-state index contributed by atoms with van der Waals surface area (Å²) in [5.41, 5.74) is 0.175. The summed E-state index contributed by atoms with van der Waals surface area (Å²) in [7, 11) is 0. The molecule has 1 rings (SSSR count). The summed E-state index contributed by atoms with van der Waals surface area (Å²) in [6.07, 6.45) is 7.98. The monoisotopic (exact) mass is 196 g/mol. The van der Waals surface area contributed by atoms with Crippen LogP contribution in [0.25, 0.3) is 0 Å². The van der Waals surface area contributed by atoms with E-state index in [1.807, 2.05) is 6.08 Å². The number of rotatable bonds is 4. The van der Waals surface area contributed by atoms with Gasteiger partial charge in [0.05, 0.1) is 0 Å².